The maximum atomic E-state index is 11.4. The van der Waals surface area contributed by atoms with Crippen molar-refractivity contribution in [1.29, 1.82) is 0 Å². The molecule has 82 valence electrons. The number of nitrogens with one attached hydrogen (secondary N) is 1. The molecule has 0 atom stereocenters. The quantitative estimate of drug-likeness (QED) is 0.755. The van der Waals surface area contributed by atoms with Gasteiger partial charge in [0.05, 0.1) is 6.42 Å². The molecule has 1 N–H and O–H groups in total. The fourth-order valence-electron chi connectivity index (χ4n) is 1.15. The molecule has 0 aliphatic rings. The Morgan fingerprint density at radius 2 is 2.27 bits per heavy atom. The molecule has 0 fully saturated rings. The predicted molar refractivity (Wildman–Crippen MR) is 59.5 cm³/mol. The van der Waals surface area contributed by atoms with Crippen LogP contribution < -0.4 is 5.32 Å². The number of nitrogens with zero attached hydrogens (tertiary/aromatic N) is 2. The van der Waals surface area contributed by atoms with Gasteiger partial charge in [0, 0.05) is 25.0 Å². The second-order valence-corrected chi connectivity index (χ2v) is 3.65. The number of hydrogen-bond acceptors (Lipinski definition) is 3. The lowest BCUT2D eigenvalue weighted by atomic mass is 10.2. The van der Waals surface area contributed by atoms with E-state index in [4.69, 9.17) is 0 Å². The second-order valence-electron chi connectivity index (χ2n) is 3.65. The minimum absolute atomic E-state index is 0.0237. The topological polar surface area (TPSA) is 45.2 Å². The molecule has 4 heteroatoms. The molecule has 0 spiro atoms. The van der Waals surface area contributed by atoms with Crippen LogP contribution in [0.25, 0.3) is 0 Å². The molecule has 0 radical (unpaired) electrons. The Kier molecular flexibility index (Phi) is 4.77. The van der Waals surface area contributed by atoms with Gasteiger partial charge in [-0.05, 0) is 26.2 Å². The Morgan fingerprint density at radius 1 is 1.47 bits per heavy atom. The van der Waals surface area contributed by atoms with Gasteiger partial charge >= 0.3 is 0 Å². The first-order chi connectivity index (χ1) is 7.18. The largest absolute Gasteiger partial charge is 0.354 e. The Balaban J connectivity index is 2.25. The van der Waals surface area contributed by atoms with E-state index < -0.39 is 0 Å². The fourth-order valence-corrected chi connectivity index (χ4v) is 1.15. The van der Waals surface area contributed by atoms with Crippen molar-refractivity contribution in [2.75, 3.05) is 27.2 Å². The molecule has 1 rings (SSSR count). The van der Waals surface area contributed by atoms with E-state index >= 15 is 0 Å². The zero-order chi connectivity index (χ0) is 11.1. The zero-order valence-electron chi connectivity index (χ0n) is 9.23. The molecule has 1 aromatic heterocycles. The summed E-state index contributed by atoms with van der Waals surface area (Å²) in [6, 6.07) is 5.58. The van der Waals surface area contributed by atoms with Crippen molar-refractivity contribution in [3.05, 3.63) is 30.1 Å². The van der Waals surface area contributed by atoms with E-state index in [1.54, 1.807) is 6.20 Å². The summed E-state index contributed by atoms with van der Waals surface area (Å²) in [5.74, 6) is 0.0237. The molecule has 0 saturated carbocycles. The molecule has 1 amide bonds. The third-order valence-corrected chi connectivity index (χ3v) is 1.95. The van der Waals surface area contributed by atoms with Gasteiger partial charge in [-0.25, -0.2) is 0 Å². The van der Waals surface area contributed by atoms with Gasteiger partial charge in [-0.3, -0.25) is 9.78 Å². The summed E-state index contributed by atoms with van der Waals surface area (Å²) in [7, 11) is 3.95. The van der Waals surface area contributed by atoms with Crippen LogP contribution in [0.4, 0.5) is 0 Å². The Labute approximate surface area is 90.3 Å². The number of hydrogen-bond donors (Lipinski definition) is 1. The lowest BCUT2D eigenvalue weighted by Crippen LogP contribution is -2.32. The molecule has 0 saturated heterocycles. The average Bonchev–Trinajstić information content (AvgIpc) is 2.18. The van der Waals surface area contributed by atoms with Crippen LogP contribution >= 0.6 is 0 Å². The molecule has 0 bridgehead atoms. The van der Waals surface area contributed by atoms with Crippen LogP contribution in [-0.4, -0.2) is 43.0 Å². The number of carbonyl (C=O) groups is 1. The first-order valence-corrected chi connectivity index (χ1v) is 5.00. The Bertz CT molecular complexity index is 298. The van der Waals surface area contributed by atoms with Crippen LogP contribution in [0.1, 0.15) is 5.69 Å². The summed E-state index contributed by atoms with van der Waals surface area (Å²) in [5, 5.41) is 2.84. The third kappa shape index (κ3) is 5.12. The molecule has 1 heterocycles. The van der Waals surface area contributed by atoms with Gasteiger partial charge in [-0.2, -0.15) is 0 Å². The highest BCUT2D eigenvalue weighted by Gasteiger charge is 2.02. The highest BCUT2D eigenvalue weighted by molar-refractivity contribution is 5.78. The van der Waals surface area contributed by atoms with E-state index in [2.05, 4.69) is 10.3 Å². The van der Waals surface area contributed by atoms with Crippen molar-refractivity contribution >= 4 is 5.91 Å². The Hall–Kier alpha value is -1.42. The van der Waals surface area contributed by atoms with E-state index in [9.17, 15) is 4.79 Å². The summed E-state index contributed by atoms with van der Waals surface area (Å²) in [5.41, 5.74) is 0.805. The van der Waals surface area contributed by atoms with Gasteiger partial charge in [0.25, 0.3) is 0 Å². The molecule has 0 aliphatic heterocycles. The number of carbonyl (C=O) groups excluding carboxylic acids is 1. The minimum atomic E-state index is 0.0237. The lowest BCUT2D eigenvalue weighted by Gasteiger charge is -2.10. The van der Waals surface area contributed by atoms with Crippen LogP contribution in [0.3, 0.4) is 0 Å². The van der Waals surface area contributed by atoms with Crippen molar-refractivity contribution in [2.45, 2.75) is 6.42 Å². The number of likely N-dealkylation sites (N-methyl/N-ethyl adjacent to an activating group) is 1. The number of amides is 1. The highest BCUT2D eigenvalue weighted by atomic mass is 16.1. The van der Waals surface area contributed by atoms with Crippen molar-refractivity contribution in [2.24, 2.45) is 0 Å². The van der Waals surface area contributed by atoms with Crippen molar-refractivity contribution in [1.82, 2.24) is 15.2 Å². The number of rotatable bonds is 5. The van der Waals surface area contributed by atoms with Gasteiger partial charge < -0.3 is 10.2 Å². The molecular formula is C11H17N3O. The van der Waals surface area contributed by atoms with Crippen molar-refractivity contribution in [3.8, 4) is 0 Å². The second kappa shape index (κ2) is 6.14. The summed E-state index contributed by atoms with van der Waals surface area (Å²) < 4.78 is 0. The molecule has 0 aromatic carbocycles. The maximum Gasteiger partial charge on any atom is 0.226 e. The smallest absolute Gasteiger partial charge is 0.226 e. The van der Waals surface area contributed by atoms with Gasteiger partial charge in [0.2, 0.25) is 5.91 Å². The van der Waals surface area contributed by atoms with Crippen molar-refractivity contribution < 1.29 is 4.79 Å². The van der Waals surface area contributed by atoms with E-state index in [1.807, 2.05) is 37.2 Å². The lowest BCUT2D eigenvalue weighted by molar-refractivity contribution is -0.120. The SMILES string of the molecule is CN(C)CCNC(=O)Cc1ccccn1. The summed E-state index contributed by atoms with van der Waals surface area (Å²) >= 11 is 0. The highest BCUT2D eigenvalue weighted by Crippen LogP contribution is 1.93. The summed E-state index contributed by atoms with van der Waals surface area (Å²) in [4.78, 5) is 17.5. The van der Waals surface area contributed by atoms with E-state index in [-0.39, 0.29) is 5.91 Å². The van der Waals surface area contributed by atoms with Crippen LogP contribution in [0, 0.1) is 0 Å². The zero-order valence-corrected chi connectivity index (χ0v) is 9.23. The van der Waals surface area contributed by atoms with Crippen LogP contribution in [0.15, 0.2) is 24.4 Å². The van der Waals surface area contributed by atoms with Gasteiger partial charge in [-0.1, -0.05) is 6.07 Å². The molecule has 0 unspecified atom stereocenters. The normalized spacial score (nSPS) is 10.3. The van der Waals surface area contributed by atoms with Crippen LogP contribution in [0.5, 0.6) is 0 Å². The molecular weight excluding hydrogens is 190 g/mol. The molecule has 4 nitrogen and oxygen atoms in total. The summed E-state index contributed by atoms with van der Waals surface area (Å²) in [6.45, 7) is 1.53. The minimum Gasteiger partial charge on any atom is -0.354 e. The van der Waals surface area contributed by atoms with Crippen LogP contribution in [-0.2, 0) is 11.2 Å². The Morgan fingerprint density at radius 3 is 2.87 bits per heavy atom. The first kappa shape index (κ1) is 11.7. The standard InChI is InChI=1S/C11H17N3O/c1-14(2)8-7-13-11(15)9-10-5-3-4-6-12-10/h3-6H,7-9H2,1-2H3,(H,13,15). The molecule has 0 aliphatic carbocycles. The predicted octanol–water partition coefficient (Wildman–Crippen LogP) is 0.302. The fraction of sp³-hybridized carbons (Fsp3) is 0.455. The van der Waals surface area contributed by atoms with Gasteiger partial charge in [-0.15, -0.1) is 0 Å². The van der Waals surface area contributed by atoms with E-state index in [0.29, 0.717) is 13.0 Å². The first-order valence-electron chi connectivity index (χ1n) is 5.00. The monoisotopic (exact) mass is 207 g/mol. The van der Waals surface area contributed by atoms with Gasteiger partial charge in [0.15, 0.2) is 0 Å². The average molecular weight is 207 g/mol. The molecule has 15 heavy (non-hydrogen) atoms. The number of pyridine rings is 1. The maximum absolute atomic E-state index is 11.4. The molecule has 1 aromatic rings. The third-order valence-electron chi connectivity index (χ3n) is 1.95. The van der Waals surface area contributed by atoms with E-state index in [0.717, 1.165) is 12.2 Å². The van der Waals surface area contributed by atoms with Crippen molar-refractivity contribution in [3.63, 3.8) is 0 Å². The van der Waals surface area contributed by atoms with E-state index in [1.165, 1.54) is 0 Å². The van der Waals surface area contributed by atoms with Gasteiger partial charge in [0.1, 0.15) is 0 Å². The number of aromatic nitrogens is 1. The van der Waals surface area contributed by atoms with Crippen LogP contribution in [0.2, 0.25) is 0 Å². The summed E-state index contributed by atoms with van der Waals surface area (Å²) in [6.07, 6.45) is 2.05.